The molecule has 1 amide bonds. The van der Waals surface area contributed by atoms with E-state index in [1.54, 1.807) is 6.92 Å². The van der Waals surface area contributed by atoms with E-state index in [9.17, 15) is 9.59 Å². The zero-order chi connectivity index (χ0) is 12.4. The molecule has 0 spiro atoms. The lowest BCUT2D eigenvalue weighted by Crippen LogP contribution is -2.33. The highest BCUT2D eigenvalue weighted by molar-refractivity contribution is 5.75. The Morgan fingerprint density at radius 1 is 1.59 bits per heavy atom. The van der Waals surface area contributed by atoms with Gasteiger partial charge in [-0.15, -0.1) is 0 Å². The molecule has 0 radical (unpaired) electrons. The minimum Gasteiger partial charge on any atom is -0.397 e. The third-order valence-electron chi connectivity index (χ3n) is 2.97. The van der Waals surface area contributed by atoms with Gasteiger partial charge in [0.2, 0.25) is 5.91 Å². The van der Waals surface area contributed by atoms with Crippen LogP contribution in [0.3, 0.4) is 0 Å². The highest BCUT2D eigenvalue weighted by Gasteiger charge is 2.21. The van der Waals surface area contributed by atoms with Crippen LogP contribution in [0.15, 0.2) is 17.1 Å². The molecule has 0 aliphatic heterocycles. The first-order chi connectivity index (χ1) is 8.06. The molecule has 1 saturated carbocycles. The van der Waals surface area contributed by atoms with Gasteiger partial charge in [0, 0.05) is 18.8 Å². The molecule has 5 heteroatoms. The standard InChI is InChI=1S/C12H17N3O2/c1-8-4-12(17)15(6-10(8)13)7-11(16)14-5-9-2-3-9/h4,6,9H,2-3,5,7,13H2,1H3,(H,14,16). The number of amides is 1. The van der Waals surface area contributed by atoms with Crippen molar-refractivity contribution < 1.29 is 4.79 Å². The quantitative estimate of drug-likeness (QED) is 0.786. The van der Waals surface area contributed by atoms with Crippen molar-refractivity contribution in [1.29, 1.82) is 0 Å². The van der Waals surface area contributed by atoms with Crippen LogP contribution in [0, 0.1) is 12.8 Å². The second-order valence-electron chi connectivity index (χ2n) is 4.63. The zero-order valence-corrected chi connectivity index (χ0v) is 9.90. The van der Waals surface area contributed by atoms with Gasteiger partial charge in [0.05, 0.1) is 5.69 Å². The van der Waals surface area contributed by atoms with Crippen molar-refractivity contribution in [3.05, 3.63) is 28.2 Å². The van der Waals surface area contributed by atoms with E-state index >= 15 is 0 Å². The molecule has 0 bridgehead atoms. The Hall–Kier alpha value is -1.78. The van der Waals surface area contributed by atoms with E-state index in [0.29, 0.717) is 11.6 Å². The molecule has 0 unspecified atom stereocenters. The van der Waals surface area contributed by atoms with Gasteiger partial charge in [0.25, 0.3) is 5.56 Å². The summed E-state index contributed by atoms with van der Waals surface area (Å²) in [5.74, 6) is 0.501. The average molecular weight is 235 g/mol. The van der Waals surface area contributed by atoms with Crippen LogP contribution in [0.25, 0.3) is 0 Å². The maximum atomic E-state index is 11.6. The molecule has 92 valence electrons. The van der Waals surface area contributed by atoms with Crippen molar-refractivity contribution in [3.63, 3.8) is 0 Å². The molecule has 0 saturated heterocycles. The number of nitrogens with one attached hydrogen (secondary N) is 1. The number of rotatable bonds is 4. The number of anilines is 1. The van der Waals surface area contributed by atoms with Gasteiger partial charge in [-0.2, -0.15) is 0 Å². The monoisotopic (exact) mass is 235 g/mol. The second kappa shape index (κ2) is 4.61. The normalized spacial score (nSPS) is 14.6. The van der Waals surface area contributed by atoms with E-state index < -0.39 is 0 Å². The Kier molecular flexibility index (Phi) is 3.17. The topological polar surface area (TPSA) is 77.1 Å². The maximum absolute atomic E-state index is 11.6. The first kappa shape index (κ1) is 11.7. The molecular weight excluding hydrogens is 218 g/mol. The minimum absolute atomic E-state index is 0.0377. The molecule has 5 nitrogen and oxygen atoms in total. The van der Waals surface area contributed by atoms with Crippen molar-refractivity contribution >= 4 is 11.6 Å². The summed E-state index contributed by atoms with van der Waals surface area (Å²) in [6.07, 6.45) is 3.91. The van der Waals surface area contributed by atoms with E-state index in [4.69, 9.17) is 5.73 Å². The zero-order valence-electron chi connectivity index (χ0n) is 9.90. The third-order valence-corrected chi connectivity index (χ3v) is 2.97. The summed E-state index contributed by atoms with van der Waals surface area (Å²) in [5, 5.41) is 2.81. The fourth-order valence-electron chi connectivity index (χ4n) is 1.60. The smallest absolute Gasteiger partial charge is 0.251 e. The first-order valence-electron chi connectivity index (χ1n) is 5.79. The number of nitrogens with zero attached hydrogens (tertiary/aromatic N) is 1. The van der Waals surface area contributed by atoms with E-state index in [2.05, 4.69) is 5.32 Å². The molecule has 17 heavy (non-hydrogen) atoms. The molecule has 3 N–H and O–H groups in total. The Labute approximate surface area is 99.6 Å². The largest absolute Gasteiger partial charge is 0.397 e. The van der Waals surface area contributed by atoms with Gasteiger partial charge in [-0.3, -0.25) is 9.59 Å². The summed E-state index contributed by atoms with van der Waals surface area (Å²) < 4.78 is 1.34. The van der Waals surface area contributed by atoms with Gasteiger partial charge < -0.3 is 15.6 Å². The second-order valence-corrected chi connectivity index (χ2v) is 4.63. The number of hydrogen-bond acceptors (Lipinski definition) is 3. The molecule has 1 aromatic heterocycles. The van der Waals surface area contributed by atoms with Crippen LogP contribution < -0.4 is 16.6 Å². The van der Waals surface area contributed by atoms with Gasteiger partial charge in [-0.25, -0.2) is 0 Å². The van der Waals surface area contributed by atoms with Crippen LogP contribution in [0.5, 0.6) is 0 Å². The summed E-state index contributed by atoms with van der Waals surface area (Å²) in [6, 6.07) is 1.45. The molecule has 1 aliphatic rings. The van der Waals surface area contributed by atoms with Crippen molar-refractivity contribution in [3.8, 4) is 0 Å². The summed E-state index contributed by atoms with van der Waals surface area (Å²) in [4.78, 5) is 23.2. The van der Waals surface area contributed by atoms with E-state index in [-0.39, 0.29) is 18.0 Å². The summed E-state index contributed by atoms with van der Waals surface area (Å²) in [6.45, 7) is 2.53. The minimum atomic E-state index is -0.196. The van der Waals surface area contributed by atoms with Crippen LogP contribution >= 0.6 is 0 Å². The highest BCUT2D eigenvalue weighted by Crippen LogP contribution is 2.27. The fraction of sp³-hybridized carbons (Fsp3) is 0.500. The molecule has 0 atom stereocenters. The van der Waals surface area contributed by atoms with E-state index in [1.165, 1.54) is 29.7 Å². The van der Waals surface area contributed by atoms with Gasteiger partial charge in [0.1, 0.15) is 6.54 Å². The molecule has 1 heterocycles. The fourth-order valence-corrected chi connectivity index (χ4v) is 1.60. The van der Waals surface area contributed by atoms with Gasteiger partial charge in [-0.05, 0) is 31.2 Å². The average Bonchev–Trinajstić information content (AvgIpc) is 3.07. The highest BCUT2D eigenvalue weighted by atomic mass is 16.2. The van der Waals surface area contributed by atoms with Crippen molar-refractivity contribution in [2.45, 2.75) is 26.3 Å². The van der Waals surface area contributed by atoms with Crippen LogP contribution in [0.2, 0.25) is 0 Å². The SMILES string of the molecule is Cc1cc(=O)n(CC(=O)NCC2CC2)cc1N. The van der Waals surface area contributed by atoms with Crippen molar-refractivity contribution in [1.82, 2.24) is 9.88 Å². The number of aryl methyl sites for hydroxylation is 1. The summed E-state index contributed by atoms with van der Waals surface area (Å²) in [7, 11) is 0. The summed E-state index contributed by atoms with van der Waals surface area (Å²) >= 11 is 0. The summed E-state index contributed by atoms with van der Waals surface area (Å²) in [5.41, 5.74) is 6.78. The van der Waals surface area contributed by atoms with Crippen LogP contribution in [-0.4, -0.2) is 17.0 Å². The Morgan fingerprint density at radius 3 is 2.94 bits per heavy atom. The lowest BCUT2D eigenvalue weighted by molar-refractivity contribution is -0.121. The molecule has 1 aliphatic carbocycles. The van der Waals surface area contributed by atoms with Crippen molar-refractivity contribution in [2.24, 2.45) is 5.92 Å². The Balaban J connectivity index is 1.99. The van der Waals surface area contributed by atoms with Crippen LogP contribution in [0.4, 0.5) is 5.69 Å². The van der Waals surface area contributed by atoms with Gasteiger partial charge in [-0.1, -0.05) is 0 Å². The van der Waals surface area contributed by atoms with Crippen LogP contribution in [-0.2, 0) is 11.3 Å². The molecule has 1 aromatic rings. The number of carbonyl (C=O) groups excluding carboxylic acids is 1. The number of nitrogen functional groups attached to an aromatic ring is 1. The molecule has 2 rings (SSSR count). The van der Waals surface area contributed by atoms with Crippen molar-refractivity contribution in [2.75, 3.05) is 12.3 Å². The molecule has 1 fully saturated rings. The lowest BCUT2D eigenvalue weighted by Gasteiger charge is -2.08. The number of aromatic nitrogens is 1. The number of hydrogen-bond donors (Lipinski definition) is 2. The number of nitrogens with two attached hydrogens (primary N) is 1. The first-order valence-corrected chi connectivity index (χ1v) is 5.79. The van der Waals surface area contributed by atoms with E-state index in [0.717, 1.165) is 12.1 Å². The third kappa shape index (κ3) is 3.09. The molecule has 0 aromatic carbocycles. The number of pyridine rings is 1. The molecular formula is C12H17N3O2. The predicted molar refractivity (Wildman–Crippen MR) is 65.6 cm³/mol. The Morgan fingerprint density at radius 2 is 2.29 bits per heavy atom. The number of carbonyl (C=O) groups is 1. The maximum Gasteiger partial charge on any atom is 0.251 e. The Bertz CT molecular complexity index is 489. The van der Waals surface area contributed by atoms with Gasteiger partial charge >= 0.3 is 0 Å². The van der Waals surface area contributed by atoms with E-state index in [1.807, 2.05) is 0 Å². The predicted octanol–water partition coefficient (Wildman–Crippen LogP) is 0.265. The lowest BCUT2D eigenvalue weighted by atomic mass is 10.2. The van der Waals surface area contributed by atoms with Crippen LogP contribution in [0.1, 0.15) is 18.4 Å². The van der Waals surface area contributed by atoms with Gasteiger partial charge in [0.15, 0.2) is 0 Å².